The van der Waals surface area contributed by atoms with E-state index in [1.807, 2.05) is 0 Å². The first-order valence-electron chi connectivity index (χ1n) is 8.03. The Morgan fingerprint density at radius 1 is 1.31 bits per heavy atom. The third-order valence-electron chi connectivity index (χ3n) is 4.21. The number of nitrogens with zero attached hydrogens (tertiary/aromatic N) is 2. The molecule has 0 fully saturated rings. The van der Waals surface area contributed by atoms with Gasteiger partial charge in [0.25, 0.3) is 17.2 Å². The number of pyridine rings is 1. The predicted molar refractivity (Wildman–Crippen MR) is 93.5 cm³/mol. The first-order chi connectivity index (χ1) is 12.5. The first-order valence-corrected chi connectivity index (χ1v) is 8.03. The lowest BCUT2D eigenvalue weighted by molar-refractivity contribution is -0.385. The number of para-hydroxylation sites is 1. The third kappa shape index (κ3) is 3.32. The van der Waals surface area contributed by atoms with Crippen LogP contribution in [0.25, 0.3) is 0 Å². The number of aromatic amines is 1. The number of aryl methyl sites for hydroxylation is 1. The van der Waals surface area contributed by atoms with Gasteiger partial charge in [-0.05, 0) is 31.7 Å². The Labute approximate surface area is 147 Å². The van der Waals surface area contributed by atoms with Crippen LogP contribution in [-0.4, -0.2) is 27.1 Å². The molecule has 0 aliphatic heterocycles. The van der Waals surface area contributed by atoms with Gasteiger partial charge in [-0.2, -0.15) is 5.10 Å². The monoisotopic (exact) mass is 356 g/mol. The number of hydrogen-bond donors (Lipinski definition) is 3. The highest BCUT2D eigenvalue weighted by Gasteiger charge is 2.23. The zero-order valence-corrected chi connectivity index (χ0v) is 13.7. The number of aromatic hydroxyl groups is 1. The Balaban J connectivity index is 1.84. The van der Waals surface area contributed by atoms with Crippen LogP contribution in [0.5, 0.6) is 5.75 Å². The first kappa shape index (κ1) is 17.3. The molecular weight excluding hydrogens is 340 g/mol. The number of carbonyl (C=O) groups excluding carboxylic acids is 1. The minimum Gasteiger partial charge on any atom is -0.507 e. The van der Waals surface area contributed by atoms with Crippen LogP contribution in [0.15, 0.2) is 34.2 Å². The van der Waals surface area contributed by atoms with E-state index < -0.39 is 22.0 Å². The Bertz CT molecular complexity index is 964. The van der Waals surface area contributed by atoms with Gasteiger partial charge in [0.05, 0.1) is 16.7 Å². The van der Waals surface area contributed by atoms with Gasteiger partial charge in [-0.3, -0.25) is 19.7 Å². The minimum atomic E-state index is -0.882. The van der Waals surface area contributed by atoms with Gasteiger partial charge in [-0.15, -0.1) is 0 Å². The van der Waals surface area contributed by atoms with Gasteiger partial charge in [0, 0.05) is 17.3 Å². The Kier molecular flexibility index (Phi) is 4.78. The molecule has 3 rings (SSSR count). The van der Waals surface area contributed by atoms with E-state index in [1.54, 1.807) is 6.07 Å². The maximum Gasteiger partial charge on any atom is 0.280 e. The number of benzene rings is 1. The summed E-state index contributed by atoms with van der Waals surface area (Å²) in [5, 5.41) is 24.9. The maximum absolute atomic E-state index is 12.2. The average molecular weight is 356 g/mol. The number of H-pyrrole nitrogens is 1. The van der Waals surface area contributed by atoms with E-state index in [2.05, 4.69) is 15.5 Å². The standard InChI is InChI=1S/C17H16N4O5/c22-15-11-6-2-3-7-12(11)19-16(23)14(15)17(24)20-18-9-10-5-1-4-8-13(10)21(25)26/h1,4-5,8-9H,2-3,6-7H2,(H,20,24)(H2,19,22,23). The van der Waals surface area contributed by atoms with Gasteiger partial charge >= 0.3 is 0 Å². The largest absolute Gasteiger partial charge is 0.507 e. The lowest BCUT2D eigenvalue weighted by atomic mass is 9.94. The number of carbonyl (C=O) groups is 1. The fourth-order valence-corrected chi connectivity index (χ4v) is 2.95. The molecule has 2 aromatic rings. The third-order valence-corrected chi connectivity index (χ3v) is 4.21. The van der Waals surface area contributed by atoms with Crippen molar-refractivity contribution in [2.24, 2.45) is 5.10 Å². The van der Waals surface area contributed by atoms with Crippen molar-refractivity contribution in [3.8, 4) is 5.75 Å². The highest BCUT2D eigenvalue weighted by Crippen LogP contribution is 2.28. The van der Waals surface area contributed by atoms with Crippen LogP contribution in [0.2, 0.25) is 0 Å². The van der Waals surface area contributed by atoms with Crippen molar-refractivity contribution in [2.45, 2.75) is 25.7 Å². The molecule has 3 N–H and O–H groups in total. The molecule has 1 amide bonds. The molecule has 0 saturated heterocycles. The fourth-order valence-electron chi connectivity index (χ4n) is 2.95. The number of hydrogen-bond acceptors (Lipinski definition) is 6. The number of hydrazone groups is 1. The van der Waals surface area contributed by atoms with E-state index in [1.165, 1.54) is 18.2 Å². The van der Waals surface area contributed by atoms with Gasteiger partial charge < -0.3 is 10.1 Å². The van der Waals surface area contributed by atoms with Crippen molar-refractivity contribution in [3.05, 3.63) is 67.1 Å². The zero-order valence-electron chi connectivity index (χ0n) is 13.7. The second-order valence-corrected chi connectivity index (χ2v) is 5.86. The van der Waals surface area contributed by atoms with Crippen molar-refractivity contribution in [1.82, 2.24) is 10.4 Å². The zero-order chi connectivity index (χ0) is 18.7. The van der Waals surface area contributed by atoms with Gasteiger partial charge in [-0.25, -0.2) is 5.43 Å². The summed E-state index contributed by atoms with van der Waals surface area (Å²) < 4.78 is 0. The molecule has 0 atom stereocenters. The van der Waals surface area contributed by atoms with Crippen molar-refractivity contribution < 1.29 is 14.8 Å². The van der Waals surface area contributed by atoms with Crippen molar-refractivity contribution in [1.29, 1.82) is 0 Å². The summed E-state index contributed by atoms with van der Waals surface area (Å²) in [6, 6.07) is 5.88. The van der Waals surface area contributed by atoms with Crippen LogP contribution >= 0.6 is 0 Å². The number of rotatable bonds is 4. The molecule has 26 heavy (non-hydrogen) atoms. The summed E-state index contributed by atoms with van der Waals surface area (Å²) >= 11 is 0. The van der Waals surface area contributed by atoms with E-state index in [9.17, 15) is 24.8 Å². The molecular formula is C17H16N4O5. The second kappa shape index (κ2) is 7.18. The van der Waals surface area contributed by atoms with Crippen LogP contribution < -0.4 is 11.0 Å². The van der Waals surface area contributed by atoms with Gasteiger partial charge in [0.2, 0.25) is 0 Å². The summed E-state index contributed by atoms with van der Waals surface area (Å²) in [7, 11) is 0. The summed E-state index contributed by atoms with van der Waals surface area (Å²) in [6.45, 7) is 0. The molecule has 0 bridgehead atoms. The van der Waals surface area contributed by atoms with Gasteiger partial charge in [0.1, 0.15) is 11.3 Å². The van der Waals surface area contributed by atoms with Crippen LogP contribution in [0.1, 0.15) is 40.0 Å². The van der Waals surface area contributed by atoms with Crippen LogP contribution in [0.4, 0.5) is 5.69 Å². The van der Waals surface area contributed by atoms with Crippen molar-refractivity contribution in [3.63, 3.8) is 0 Å². The maximum atomic E-state index is 12.2. The van der Waals surface area contributed by atoms with E-state index in [0.717, 1.165) is 19.1 Å². The Morgan fingerprint density at radius 3 is 2.81 bits per heavy atom. The highest BCUT2D eigenvalue weighted by atomic mass is 16.6. The van der Waals surface area contributed by atoms with E-state index in [4.69, 9.17) is 0 Å². The Morgan fingerprint density at radius 2 is 2.04 bits per heavy atom. The highest BCUT2D eigenvalue weighted by molar-refractivity contribution is 5.97. The topological polar surface area (TPSA) is 138 Å². The van der Waals surface area contributed by atoms with Gasteiger partial charge in [0.15, 0.2) is 0 Å². The molecule has 0 saturated carbocycles. The molecule has 1 aliphatic rings. The van der Waals surface area contributed by atoms with E-state index in [-0.39, 0.29) is 17.0 Å². The second-order valence-electron chi connectivity index (χ2n) is 5.86. The van der Waals surface area contributed by atoms with E-state index in [0.29, 0.717) is 24.1 Å². The quantitative estimate of drug-likeness (QED) is 0.434. The van der Waals surface area contributed by atoms with Crippen LogP contribution in [0.3, 0.4) is 0 Å². The smallest absolute Gasteiger partial charge is 0.280 e. The van der Waals surface area contributed by atoms with Gasteiger partial charge in [-0.1, -0.05) is 12.1 Å². The summed E-state index contributed by atoms with van der Waals surface area (Å²) in [5.41, 5.74) is 2.28. The van der Waals surface area contributed by atoms with Crippen LogP contribution in [0, 0.1) is 10.1 Å². The summed E-state index contributed by atoms with van der Waals surface area (Å²) in [5.74, 6) is -1.21. The fraction of sp³-hybridized carbons (Fsp3) is 0.235. The number of nitrogens with one attached hydrogen (secondary N) is 2. The molecule has 0 spiro atoms. The normalized spacial score (nSPS) is 13.4. The predicted octanol–water partition coefficient (Wildman–Crippen LogP) is 1.63. The SMILES string of the molecule is O=C(NN=Cc1ccccc1[N+](=O)[O-])c1c(O)c2c([nH]c1=O)CCCC2. The number of aromatic nitrogens is 1. The average Bonchev–Trinajstić information content (AvgIpc) is 2.62. The lowest BCUT2D eigenvalue weighted by Crippen LogP contribution is -2.29. The van der Waals surface area contributed by atoms with Crippen molar-refractivity contribution in [2.75, 3.05) is 0 Å². The molecule has 1 aromatic heterocycles. The minimum absolute atomic E-state index is 0.167. The summed E-state index contributed by atoms with van der Waals surface area (Å²) in [4.78, 5) is 37.4. The number of nitro benzene ring substituents is 1. The van der Waals surface area contributed by atoms with Crippen molar-refractivity contribution >= 4 is 17.8 Å². The number of amides is 1. The number of nitro groups is 1. The lowest BCUT2D eigenvalue weighted by Gasteiger charge is -2.17. The van der Waals surface area contributed by atoms with Crippen LogP contribution in [-0.2, 0) is 12.8 Å². The molecule has 0 unspecified atom stereocenters. The molecule has 1 heterocycles. The number of fused-ring (bicyclic) bond motifs is 1. The molecule has 0 radical (unpaired) electrons. The van der Waals surface area contributed by atoms with E-state index >= 15 is 0 Å². The summed E-state index contributed by atoms with van der Waals surface area (Å²) in [6.07, 6.45) is 4.12. The molecule has 1 aromatic carbocycles. The molecule has 1 aliphatic carbocycles. The molecule has 9 nitrogen and oxygen atoms in total. The molecule has 9 heteroatoms. The Hall–Kier alpha value is -3.49. The molecule has 134 valence electrons.